The molecule has 0 N–H and O–H groups in total. The van der Waals surface area contributed by atoms with Gasteiger partial charge in [-0.15, -0.1) is 0 Å². The summed E-state index contributed by atoms with van der Waals surface area (Å²) in [5, 5.41) is 0.246. The van der Waals surface area contributed by atoms with Crippen molar-refractivity contribution in [3.8, 4) is 0 Å². The number of carbonyl (C=O) groups is 1. The molecule has 0 spiro atoms. The molecule has 0 saturated carbocycles. The number of esters is 1. The maximum atomic E-state index is 12.4. The summed E-state index contributed by atoms with van der Waals surface area (Å²) in [7, 11) is 0.832. The standard InChI is InChI=1S/C9H6ClF3N2O2/c1-17-8(16)7(9(11,12)13)15-6-3-2-5(10)4-14-6/h2-4H,1H3. The molecule has 0 atom stereocenters. The van der Waals surface area contributed by atoms with Crippen molar-refractivity contribution >= 4 is 29.1 Å². The number of ether oxygens (including phenoxy) is 1. The molecule has 92 valence electrons. The molecule has 17 heavy (non-hydrogen) atoms. The molecule has 0 amide bonds. The Kier molecular flexibility index (Phi) is 4.06. The molecule has 0 aliphatic heterocycles. The summed E-state index contributed by atoms with van der Waals surface area (Å²) in [4.78, 5) is 17.5. The van der Waals surface area contributed by atoms with Crippen molar-refractivity contribution in [2.24, 2.45) is 4.99 Å². The summed E-state index contributed by atoms with van der Waals surface area (Å²) in [6, 6.07) is 2.45. The van der Waals surface area contributed by atoms with Gasteiger partial charge in [0.1, 0.15) is 0 Å². The van der Waals surface area contributed by atoms with Gasteiger partial charge in [-0.2, -0.15) is 13.2 Å². The van der Waals surface area contributed by atoms with Gasteiger partial charge in [0.25, 0.3) is 0 Å². The van der Waals surface area contributed by atoms with Gasteiger partial charge in [0.2, 0.25) is 5.71 Å². The van der Waals surface area contributed by atoms with Crippen LogP contribution >= 0.6 is 11.6 Å². The number of aromatic nitrogens is 1. The lowest BCUT2D eigenvalue weighted by Crippen LogP contribution is -2.31. The number of methoxy groups -OCH3 is 1. The first-order valence-electron chi connectivity index (χ1n) is 4.20. The van der Waals surface area contributed by atoms with Crippen molar-refractivity contribution in [3.05, 3.63) is 23.4 Å². The molecule has 0 fully saturated rings. The van der Waals surface area contributed by atoms with Crippen molar-refractivity contribution in [3.63, 3.8) is 0 Å². The van der Waals surface area contributed by atoms with E-state index >= 15 is 0 Å². The van der Waals surface area contributed by atoms with Crippen molar-refractivity contribution in [1.29, 1.82) is 0 Å². The topological polar surface area (TPSA) is 51.5 Å². The Hall–Kier alpha value is -1.63. The lowest BCUT2D eigenvalue weighted by atomic mass is 10.3. The summed E-state index contributed by atoms with van der Waals surface area (Å²) in [5.41, 5.74) is -1.67. The van der Waals surface area contributed by atoms with E-state index in [4.69, 9.17) is 11.6 Å². The Morgan fingerprint density at radius 3 is 2.53 bits per heavy atom. The van der Waals surface area contributed by atoms with Crippen LogP contribution in [0.5, 0.6) is 0 Å². The first-order valence-corrected chi connectivity index (χ1v) is 4.58. The molecule has 0 radical (unpaired) electrons. The third-order valence-corrected chi connectivity index (χ3v) is 1.81. The molecular formula is C9H6ClF3N2O2. The van der Waals surface area contributed by atoms with E-state index in [9.17, 15) is 18.0 Å². The Bertz CT molecular complexity index is 443. The van der Waals surface area contributed by atoms with Crippen molar-refractivity contribution in [1.82, 2.24) is 4.98 Å². The van der Waals surface area contributed by atoms with E-state index in [0.29, 0.717) is 0 Å². The fourth-order valence-corrected chi connectivity index (χ4v) is 0.982. The van der Waals surface area contributed by atoms with Gasteiger partial charge in [-0.25, -0.2) is 14.8 Å². The van der Waals surface area contributed by atoms with Gasteiger partial charge in [0.15, 0.2) is 5.82 Å². The zero-order valence-electron chi connectivity index (χ0n) is 8.45. The van der Waals surface area contributed by atoms with Crippen molar-refractivity contribution in [2.45, 2.75) is 6.18 Å². The fraction of sp³-hybridized carbons (Fsp3) is 0.222. The van der Waals surface area contributed by atoms with Crippen LogP contribution < -0.4 is 0 Å². The Morgan fingerprint density at radius 1 is 1.47 bits per heavy atom. The largest absolute Gasteiger partial charge is 0.464 e. The Morgan fingerprint density at radius 2 is 2.12 bits per heavy atom. The molecule has 0 aliphatic rings. The minimum Gasteiger partial charge on any atom is -0.464 e. The number of hydrogen-bond donors (Lipinski definition) is 0. The highest BCUT2D eigenvalue weighted by molar-refractivity contribution is 6.39. The van der Waals surface area contributed by atoms with E-state index in [1.54, 1.807) is 0 Å². The van der Waals surface area contributed by atoms with E-state index in [1.807, 2.05) is 0 Å². The second-order valence-electron chi connectivity index (χ2n) is 2.78. The second kappa shape index (κ2) is 5.13. The smallest absolute Gasteiger partial charge is 0.440 e. The maximum Gasteiger partial charge on any atom is 0.440 e. The average molecular weight is 267 g/mol. The summed E-state index contributed by atoms with van der Waals surface area (Å²) in [6.07, 6.45) is -3.79. The van der Waals surface area contributed by atoms with Gasteiger partial charge < -0.3 is 4.74 Å². The number of alkyl halides is 3. The van der Waals surface area contributed by atoms with Crippen LogP contribution in [0.1, 0.15) is 0 Å². The lowest BCUT2D eigenvalue weighted by Gasteiger charge is -2.07. The first-order chi connectivity index (χ1) is 7.84. The number of carbonyl (C=O) groups excluding carboxylic acids is 1. The quantitative estimate of drug-likeness (QED) is 0.610. The predicted molar refractivity (Wildman–Crippen MR) is 54.4 cm³/mol. The molecule has 0 unspecified atom stereocenters. The highest BCUT2D eigenvalue weighted by atomic mass is 35.5. The van der Waals surface area contributed by atoms with E-state index in [1.165, 1.54) is 6.07 Å². The molecule has 0 aliphatic carbocycles. The van der Waals surface area contributed by atoms with Crippen LogP contribution in [-0.4, -0.2) is 30.0 Å². The van der Waals surface area contributed by atoms with Crippen LogP contribution in [0.3, 0.4) is 0 Å². The molecule has 1 heterocycles. The van der Waals surface area contributed by atoms with Crippen LogP contribution in [-0.2, 0) is 9.53 Å². The van der Waals surface area contributed by atoms with Crippen LogP contribution in [0, 0.1) is 0 Å². The van der Waals surface area contributed by atoms with Crippen molar-refractivity contribution in [2.75, 3.05) is 7.11 Å². The zero-order valence-corrected chi connectivity index (χ0v) is 9.21. The minimum atomic E-state index is -4.91. The lowest BCUT2D eigenvalue weighted by molar-refractivity contribution is -0.137. The summed E-state index contributed by atoms with van der Waals surface area (Å²) in [5.74, 6) is -1.86. The third-order valence-electron chi connectivity index (χ3n) is 1.59. The third kappa shape index (κ3) is 3.70. The van der Waals surface area contributed by atoms with Gasteiger partial charge >= 0.3 is 12.1 Å². The van der Waals surface area contributed by atoms with Gasteiger partial charge in [-0.3, -0.25) is 0 Å². The number of nitrogens with zero attached hydrogens (tertiary/aromatic N) is 2. The Balaban J connectivity index is 3.14. The highest BCUT2D eigenvalue weighted by Crippen LogP contribution is 2.22. The summed E-state index contributed by atoms with van der Waals surface area (Å²) >= 11 is 5.50. The zero-order chi connectivity index (χ0) is 13.1. The minimum absolute atomic E-state index is 0.246. The van der Waals surface area contributed by atoms with E-state index in [2.05, 4.69) is 14.7 Å². The van der Waals surface area contributed by atoms with Gasteiger partial charge in [0, 0.05) is 6.20 Å². The van der Waals surface area contributed by atoms with E-state index < -0.39 is 17.9 Å². The molecule has 0 bridgehead atoms. The molecule has 8 heteroatoms. The van der Waals surface area contributed by atoms with Gasteiger partial charge in [-0.05, 0) is 12.1 Å². The molecule has 0 saturated heterocycles. The molecule has 1 rings (SSSR count). The Labute approximate surface area is 99.1 Å². The predicted octanol–water partition coefficient (Wildman–Crippen LogP) is 2.54. The van der Waals surface area contributed by atoms with Crippen LogP contribution in [0.2, 0.25) is 5.02 Å². The number of aliphatic imine (C=N–C) groups is 1. The summed E-state index contributed by atoms with van der Waals surface area (Å²) < 4.78 is 41.3. The van der Waals surface area contributed by atoms with Crippen LogP contribution in [0.15, 0.2) is 23.3 Å². The molecule has 1 aromatic heterocycles. The number of halogens is 4. The number of rotatable bonds is 2. The fourth-order valence-electron chi connectivity index (χ4n) is 0.870. The number of pyridine rings is 1. The van der Waals surface area contributed by atoms with E-state index in [0.717, 1.165) is 19.4 Å². The molecule has 4 nitrogen and oxygen atoms in total. The molecule has 0 aromatic carbocycles. The normalized spacial score (nSPS) is 12.4. The van der Waals surface area contributed by atoms with Gasteiger partial charge in [-0.1, -0.05) is 11.6 Å². The first kappa shape index (κ1) is 13.4. The van der Waals surface area contributed by atoms with Gasteiger partial charge in [0.05, 0.1) is 12.1 Å². The molecule has 1 aromatic rings. The second-order valence-corrected chi connectivity index (χ2v) is 3.22. The maximum absolute atomic E-state index is 12.4. The average Bonchev–Trinajstić information content (AvgIpc) is 2.25. The van der Waals surface area contributed by atoms with E-state index in [-0.39, 0.29) is 10.8 Å². The van der Waals surface area contributed by atoms with Crippen LogP contribution in [0.4, 0.5) is 19.0 Å². The van der Waals surface area contributed by atoms with Crippen LogP contribution in [0.25, 0.3) is 0 Å². The number of hydrogen-bond acceptors (Lipinski definition) is 4. The highest BCUT2D eigenvalue weighted by Gasteiger charge is 2.42. The monoisotopic (exact) mass is 266 g/mol. The SMILES string of the molecule is COC(=O)C(=Nc1ccc(Cl)cn1)C(F)(F)F. The summed E-state index contributed by atoms with van der Waals surface area (Å²) in [6.45, 7) is 0. The molecular weight excluding hydrogens is 261 g/mol. The van der Waals surface area contributed by atoms with Crippen molar-refractivity contribution < 1.29 is 22.7 Å².